The van der Waals surface area contributed by atoms with Crippen LogP contribution in [0.3, 0.4) is 0 Å². The standard InChI is InChI=1S/C22H31NO4/c1-7-26-19-11-9-17(13-21(19)24-5)15(3)23-16(4)18-10-12-20(27-8-2)22(14-18)25-6/h9-16,23H,7-8H2,1-6H3. The summed E-state index contributed by atoms with van der Waals surface area (Å²) < 4.78 is 22.1. The zero-order valence-corrected chi connectivity index (χ0v) is 17.2. The Morgan fingerprint density at radius 1 is 0.704 bits per heavy atom. The molecule has 2 atom stereocenters. The van der Waals surface area contributed by atoms with Gasteiger partial charge in [0.15, 0.2) is 23.0 Å². The highest BCUT2D eigenvalue weighted by Gasteiger charge is 2.15. The SMILES string of the molecule is CCOc1ccc(C(C)NC(C)c2ccc(OCC)c(OC)c2)cc1OC. The van der Waals surface area contributed by atoms with Gasteiger partial charge < -0.3 is 24.3 Å². The van der Waals surface area contributed by atoms with Crippen molar-refractivity contribution in [3.63, 3.8) is 0 Å². The molecule has 1 N–H and O–H groups in total. The summed E-state index contributed by atoms with van der Waals surface area (Å²) in [7, 11) is 3.32. The van der Waals surface area contributed by atoms with Gasteiger partial charge in [-0.1, -0.05) is 12.1 Å². The number of benzene rings is 2. The molecule has 0 spiro atoms. The Morgan fingerprint density at radius 3 is 1.44 bits per heavy atom. The molecule has 0 aliphatic rings. The third kappa shape index (κ3) is 5.30. The maximum atomic E-state index is 5.60. The Balaban J connectivity index is 2.14. The van der Waals surface area contributed by atoms with Crippen molar-refractivity contribution in [2.75, 3.05) is 27.4 Å². The van der Waals surface area contributed by atoms with Crippen molar-refractivity contribution in [1.82, 2.24) is 5.32 Å². The molecule has 0 aliphatic heterocycles. The van der Waals surface area contributed by atoms with Crippen LogP contribution in [-0.4, -0.2) is 27.4 Å². The van der Waals surface area contributed by atoms with Gasteiger partial charge in [0, 0.05) is 12.1 Å². The van der Waals surface area contributed by atoms with Gasteiger partial charge in [-0.3, -0.25) is 0 Å². The first-order valence-electron chi connectivity index (χ1n) is 9.41. The average molecular weight is 373 g/mol. The van der Waals surface area contributed by atoms with E-state index in [1.165, 1.54) is 0 Å². The second-order valence-corrected chi connectivity index (χ2v) is 6.30. The average Bonchev–Trinajstić information content (AvgIpc) is 2.68. The van der Waals surface area contributed by atoms with E-state index in [1.807, 2.05) is 38.1 Å². The highest BCUT2D eigenvalue weighted by atomic mass is 16.5. The monoisotopic (exact) mass is 373 g/mol. The van der Waals surface area contributed by atoms with Crippen LogP contribution in [0, 0.1) is 0 Å². The predicted octanol–water partition coefficient (Wildman–Crippen LogP) is 4.91. The fraction of sp³-hybridized carbons (Fsp3) is 0.455. The summed E-state index contributed by atoms with van der Waals surface area (Å²) in [6, 6.07) is 12.4. The minimum Gasteiger partial charge on any atom is -0.493 e. The first kappa shape index (κ1) is 20.9. The first-order chi connectivity index (χ1) is 13.0. The summed E-state index contributed by atoms with van der Waals surface area (Å²) in [5, 5.41) is 3.63. The smallest absolute Gasteiger partial charge is 0.161 e. The Kier molecular flexibility index (Phi) is 7.80. The molecule has 148 valence electrons. The van der Waals surface area contributed by atoms with Gasteiger partial charge >= 0.3 is 0 Å². The van der Waals surface area contributed by atoms with E-state index >= 15 is 0 Å². The largest absolute Gasteiger partial charge is 0.493 e. The lowest BCUT2D eigenvalue weighted by atomic mass is 10.0. The van der Waals surface area contributed by atoms with E-state index in [0.717, 1.165) is 34.1 Å². The number of nitrogens with one attached hydrogen (secondary N) is 1. The van der Waals surface area contributed by atoms with Gasteiger partial charge in [-0.25, -0.2) is 0 Å². The van der Waals surface area contributed by atoms with E-state index < -0.39 is 0 Å². The van der Waals surface area contributed by atoms with Crippen molar-refractivity contribution in [1.29, 1.82) is 0 Å². The Bertz CT molecular complexity index is 671. The fourth-order valence-corrected chi connectivity index (χ4v) is 3.02. The van der Waals surface area contributed by atoms with Crippen molar-refractivity contribution in [2.24, 2.45) is 0 Å². The second-order valence-electron chi connectivity index (χ2n) is 6.30. The third-order valence-electron chi connectivity index (χ3n) is 4.48. The summed E-state index contributed by atoms with van der Waals surface area (Å²) in [6.07, 6.45) is 0. The molecule has 5 heteroatoms. The highest BCUT2D eigenvalue weighted by Crippen LogP contribution is 2.33. The normalized spacial score (nSPS) is 13.0. The molecular weight excluding hydrogens is 342 g/mol. The van der Waals surface area contributed by atoms with Crippen molar-refractivity contribution >= 4 is 0 Å². The third-order valence-corrected chi connectivity index (χ3v) is 4.48. The van der Waals surface area contributed by atoms with Crippen LogP contribution in [0.5, 0.6) is 23.0 Å². The highest BCUT2D eigenvalue weighted by molar-refractivity contribution is 5.45. The van der Waals surface area contributed by atoms with Crippen molar-refractivity contribution < 1.29 is 18.9 Å². The number of hydrogen-bond donors (Lipinski definition) is 1. The van der Waals surface area contributed by atoms with E-state index in [1.54, 1.807) is 14.2 Å². The predicted molar refractivity (Wildman–Crippen MR) is 108 cm³/mol. The quantitative estimate of drug-likeness (QED) is 0.641. The number of rotatable bonds is 10. The van der Waals surface area contributed by atoms with E-state index in [0.29, 0.717) is 13.2 Å². The molecule has 0 saturated heterocycles. The fourth-order valence-electron chi connectivity index (χ4n) is 3.02. The van der Waals surface area contributed by atoms with Gasteiger partial charge in [-0.15, -0.1) is 0 Å². The number of methoxy groups -OCH3 is 2. The summed E-state index contributed by atoms with van der Waals surface area (Å²) in [5.41, 5.74) is 2.28. The van der Waals surface area contributed by atoms with E-state index in [9.17, 15) is 0 Å². The van der Waals surface area contributed by atoms with Crippen molar-refractivity contribution in [2.45, 2.75) is 39.8 Å². The number of hydrogen-bond acceptors (Lipinski definition) is 5. The van der Waals surface area contributed by atoms with Crippen molar-refractivity contribution in [3.05, 3.63) is 47.5 Å². The zero-order chi connectivity index (χ0) is 19.8. The zero-order valence-electron chi connectivity index (χ0n) is 17.2. The van der Waals surface area contributed by atoms with Gasteiger partial charge in [-0.05, 0) is 63.1 Å². The summed E-state index contributed by atoms with van der Waals surface area (Å²) in [5.74, 6) is 3.03. The van der Waals surface area contributed by atoms with Crippen LogP contribution in [0.1, 0.15) is 50.9 Å². The van der Waals surface area contributed by atoms with Crippen LogP contribution in [0.15, 0.2) is 36.4 Å². The molecule has 0 amide bonds. The van der Waals surface area contributed by atoms with Crippen molar-refractivity contribution in [3.8, 4) is 23.0 Å². The summed E-state index contributed by atoms with van der Waals surface area (Å²) in [4.78, 5) is 0. The van der Waals surface area contributed by atoms with Gasteiger partial charge in [0.25, 0.3) is 0 Å². The van der Waals surface area contributed by atoms with Gasteiger partial charge in [-0.2, -0.15) is 0 Å². The molecule has 0 saturated carbocycles. The molecule has 5 nitrogen and oxygen atoms in total. The minimum atomic E-state index is 0.141. The van der Waals surface area contributed by atoms with Gasteiger partial charge in [0.2, 0.25) is 0 Å². The van der Waals surface area contributed by atoms with Crippen LogP contribution < -0.4 is 24.3 Å². The van der Waals surface area contributed by atoms with Gasteiger partial charge in [0.05, 0.1) is 27.4 Å². The van der Waals surface area contributed by atoms with Crippen LogP contribution in [0.25, 0.3) is 0 Å². The van der Waals surface area contributed by atoms with E-state index in [-0.39, 0.29) is 12.1 Å². The first-order valence-corrected chi connectivity index (χ1v) is 9.41. The summed E-state index contributed by atoms with van der Waals surface area (Å²) >= 11 is 0. The topological polar surface area (TPSA) is 49.0 Å². The molecule has 2 aromatic carbocycles. The molecule has 0 aromatic heterocycles. The van der Waals surface area contributed by atoms with Crippen LogP contribution in [0.2, 0.25) is 0 Å². The van der Waals surface area contributed by atoms with Gasteiger partial charge in [0.1, 0.15) is 0 Å². The van der Waals surface area contributed by atoms with Crippen LogP contribution in [0.4, 0.5) is 0 Å². The Hall–Kier alpha value is -2.40. The van der Waals surface area contributed by atoms with Crippen LogP contribution >= 0.6 is 0 Å². The lowest BCUT2D eigenvalue weighted by molar-refractivity contribution is 0.310. The maximum Gasteiger partial charge on any atom is 0.161 e. The minimum absolute atomic E-state index is 0.141. The lowest BCUT2D eigenvalue weighted by Gasteiger charge is -2.22. The number of ether oxygens (including phenoxy) is 4. The van der Waals surface area contributed by atoms with E-state index in [2.05, 4.69) is 31.3 Å². The molecule has 2 aromatic rings. The Labute approximate surface area is 162 Å². The molecule has 0 heterocycles. The lowest BCUT2D eigenvalue weighted by Crippen LogP contribution is -2.22. The molecular formula is C22H31NO4. The summed E-state index contributed by atoms with van der Waals surface area (Å²) in [6.45, 7) is 9.42. The molecule has 2 unspecified atom stereocenters. The second kappa shape index (κ2) is 10.1. The Morgan fingerprint density at radius 2 is 1.11 bits per heavy atom. The molecule has 2 rings (SSSR count). The molecule has 27 heavy (non-hydrogen) atoms. The molecule has 0 aliphatic carbocycles. The van der Waals surface area contributed by atoms with Crippen LogP contribution in [-0.2, 0) is 0 Å². The molecule has 0 fully saturated rings. The van der Waals surface area contributed by atoms with E-state index in [4.69, 9.17) is 18.9 Å². The molecule has 0 radical (unpaired) electrons. The maximum absolute atomic E-state index is 5.60. The molecule has 0 bridgehead atoms.